The predicted octanol–water partition coefficient (Wildman–Crippen LogP) is 4.00. The maximum absolute atomic E-state index is 12.7. The lowest BCUT2D eigenvalue weighted by Gasteiger charge is -2.37. The summed E-state index contributed by atoms with van der Waals surface area (Å²) in [4.78, 5) is 9.02. The molecule has 1 unspecified atom stereocenters. The Morgan fingerprint density at radius 3 is 2.59 bits per heavy atom. The molecule has 0 aromatic heterocycles. The van der Waals surface area contributed by atoms with E-state index >= 15 is 0 Å². The van der Waals surface area contributed by atoms with Crippen LogP contribution in [0.5, 0.6) is 0 Å². The number of benzene rings is 3. The molecule has 1 atom stereocenters. The number of hydrogen-bond donors (Lipinski definition) is 4. The van der Waals surface area contributed by atoms with Gasteiger partial charge in [-0.1, -0.05) is 60.6 Å². The first-order chi connectivity index (χ1) is 19.9. The summed E-state index contributed by atoms with van der Waals surface area (Å²) in [5.41, 5.74) is 16.5. The fourth-order valence-electron chi connectivity index (χ4n) is 5.73. The molecular weight excluding hydrogens is 536 g/mol. The molecule has 0 spiro atoms. The molecule has 3 aromatic rings. The van der Waals surface area contributed by atoms with Gasteiger partial charge in [0, 0.05) is 35.9 Å². The van der Waals surface area contributed by atoms with E-state index in [2.05, 4.69) is 39.8 Å². The van der Waals surface area contributed by atoms with Crippen molar-refractivity contribution in [3.8, 4) is 0 Å². The van der Waals surface area contributed by atoms with Crippen molar-refractivity contribution in [3.63, 3.8) is 0 Å². The van der Waals surface area contributed by atoms with Crippen LogP contribution in [0.3, 0.4) is 0 Å². The normalized spacial score (nSPS) is 18.1. The average Bonchev–Trinajstić information content (AvgIpc) is 3.69. The molecule has 6 rings (SSSR count). The highest BCUT2D eigenvalue weighted by Crippen LogP contribution is 2.41. The average molecular weight is 569 g/mol. The number of nitrogens with two attached hydrogens (primary N) is 1. The van der Waals surface area contributed by atoms with Crippen molar-refractivity contribution in [1.82, 2.24) is 20.9 Å². The fraction of sp³-hybridized carbons (Fsp3) is 0.226. The molecule has 0 saturated carbocycles. The molecule has 210 valence electrons. The Morgan fingerprint density at radius 2 is 1.88 bits per heavy atom. The monoisotopic (exact) mass is 568 g/mol. The van der Waals surface area contributed by atoms with Crippen LogP contribution in [-0.4, -0.2) is 46.7 Å². The molecular formula is C31H33ClN8O. The molecule has 1 fully saturated rings. The van der Waals surface area contributed by atoms with E-state index in [1.165, 1.54) is 24.6 Å². The number of fused-ring (bicyclic) bond motifs is 3. The third-order valence-electron chi connectivity index (χ3n) is 7.90. The molecule has 0 aliphatic carbocycles. The number of hydrazine groups is 2. The minimum atomic E-state index is -1.59. The van der Waals surface area contributed by atoms with Gasteiger partial charge in [-0.05, 0) is 73.1 Å². The Morgan fingerprint density at radius 1 is 1.12 bits per heavy atom. The number of nitrogens with one attached hydrogen (secondary N) is 2. The second kappa shape index (κ2) is 11.0. The van der Waals surface area contributed by atoms with Gasteiger partial charge in [0.1, 0.15) is 0 Å². The van der Waals surface area contributed by atoms with E-state index in [0.29, 0.717) is 33.5 Å². The number of hydrazone groups is 1. The summed E-state index contributed by atoms with van der Waals surface area (Å²) in [6.07, 6.45) is 5.55. The number of halogens is 1. The number of nitrogens with zero attached hydrogens (tertiary/aromatic N) is 5. The van der Waals surface area contributed by atoms with Gasteiger partial charge in [0.2, 0.25) is 0 Å². The van der Waals surface area contributed by atoms with Gasteiger partial charge in [-0.15, -0.1) is 10.6 Å². The topological polar surface area (TPSA) is 105 Å². The number of hydrogen-bond acceptors (Lipinski definition) is 9. The van der Waals surface area contributed by atoms with Gasteiger partial charge in [0.25, 0.3) is 5.96 Å². The van der Waals surface area contributed by atoms with E-state index in [4.69, 9.17) is 22.3 Å². The van der Waals surface area contributed by atoms with Gasteiger partial charge < -0.3 is 15.7 Å². The summed E-state index contributed by atoms with van der Waals surface area (Å²) in [6, 6.07) is 21.4. The minimum absolute atomic E-state index is 0.470. The van der Waals surface area contributed by atoms with Crippen molar-refractivity contribution in [1.29, 1.82) is 0 Å². The predicted molar refractivity (Wildman–Crippen MR) is 164 cm³/mol. The van der Waals surface area contributed by atoms with Gasteiger partial charge in [-0.2, -0.15) is 0 Å². The van der Waals surface area contributed by atoms with Gasteiger partial charge in [0.15, 0.2) is 5.60 Å². The number of aliphatic hydroxyl groups is 1. The molecule has 3 aliphatic heterocycles. The maximum Gasteiger partial charge on any atom is 0.265 e. The molecule has 0 amide bonds. The smallest absolute Gasteiger partial charge is 0.265 e. The molecule has 41 heavy (non-hydrogen) atoms. The van der Waals surface area contributed by atoms with E-state index in [-0.39, 0.29) is 0 Å². The summed E-state index contributed by atoms with van der Waals surface area (Å²) >= 11 is 6.36. The fourth-order valence-corrected chi connectivity index (χ4v) is 5.92. The quantitative estimate of drug-likeness (QED) is 0.326. The highest BCUT2D eigenvalue weighted by atomic mass is 35.5. The van der Waals surface area contributed by atoms with E-state index in [9.17, 15) is 5.11 Å². The van der Waals surface area contributed by atoms with Crippen molar-refractivity contribution < 1.29 is 5.11 Å². The van der Waals surface area contributed by atoms with E-state index < -0.39 is 5.60 Å². The Bertz CT molecular complexity index is 1560. The zero-order chi connectivity index (χ0) is 28.6. The summed E-state index contributed by atoms with van der Waals surface area (Å²) in [7, 11) is 1.82. The summed E-state index contributed by atoms with van der Waals surface area (Å²) in [6.45, 7) is 7.05. The summed E-state index contributed by atoms with van der Waals surface area (Å²) < 4.78 is 0. The van der Waals surface area contributed by atoms with Crippen molar-refractivity contribution >= 4 is 29.0 Å². The summed E-state index contributed by atoms with van der Waals surface area (Å²) in [5, 5.41) is 19.3. The Balaban J connectivity index is 1.48. The van der Waals surface area contributed by atoms with Crippen LogP contribution in [0, 0.1) is 0 Å². The van der Waals surface area contributed by atoms with Crippen LogP contribution in [0.4, 0.5) is 5.69 Å². The minimum Gasteiger partial charge on any atom is -0.403 e. The molecule has 10 heteroatoms. The van der Waals surface area contributed by atoms with Gasteiger partial charge in [0.05, 0.1) is 17.1 Å². The number of anilines is 1. The molecule has 0 bridgehead atoms. The summed E-state index contributed by atoms with van der Waals surface area (Å²) in [5.74, 6) is 0.470. The first-order valence-electron chi connectivity index (χ1n) is 13.6. The zero-order valence-electron chi connectivity index (χ0n) is 22.9. The standard InChI is InChI=1S/C31H33ClN8O/c1-3-38(2)28(19-33)31(41,23-11-9-21(10-12-23)20-39-15-4-5-16-39)24-13-14-27-26(18-24)29(22-7-6-8-25(32)17-22)34-30-35-36-37-40(27)30/h3,6-14,17-19,36-37,41H,1,4-5,15-16,20,33H2,2H3/b28-19-. The van der Waals surface area contributed by atoms with Crippen LogP contribution >= 0.6 is 11.6 Å². The van der Waals surface area contributed by atoms with Crippen molar-refractivity contribution in [2.45, 2.75) is 25.0 Å². The third-order valence-corrected chi connectivity index (χ3v) is 8.13. The first-order valence-corrected chi connectivity index (χ1v) is 14.0. The largest absolute Gasteiger partial charge is 0.403 e. The van der Waals surface area contributed by atoms with Crippen LogP contribution in [0.1, 0.15) is 40.7 Å². The number of rotatable bonds is 8. The molecule has 5 N–H and O–H groups in total. The van der Waals surface area contributed by atoms with Crippen molar-refractivity contribution in [2.75, 3.05) is 25.1 Å². The zero-order valence-corrected chi connectivity index (χ0v) is 23.6. The van der Waals surface area contributed by atoms with E-state index in [1.807, 2.05) is 61.6 Å². The lowest BCUT2D eigenvalue weighted by molar-refractivity contribution is 0.0966. The van der Waals surface area contributed by atoms with Gasteiger partial charge in [-0.3, -0.25) is 4.90 Å². The highest BCUT2D eigenvalue weighted by Gasteiger charge is 2.40. The SMILES string of the molecule is C=CN(C)/C(=C\N)C(O)(c1ccc(CN2CCCC2)cc1)c1ccc2c(c1)C(c1cccc(Cl)c1)=NC1=NNNN12. The molecule has 3 aliphatic rings. The van der Waals surface area contributed by atoms with E-state index in [0.717, 1.165) is 36.4 Å². The first kappa shape index (κ1) is 27.0. The van der Waals surface area contributed by atoms with Crippen LogP contribution < -0.4 is 21.8 Å². The number of guanidine groups is 1. The number of likely N-dealkylation sites (tertiary alicyclic amines) is 1. The second-order valence-corrected chi connectivity index (χ2v) is 10.8. The molecule has 3 heterocycles. The Labute approximate surface area is 244 Å². The third kappa shape index (κ3) is 4.87. The van der Waals surface area contributed by atoms with E-state index in [1.54, 1.807) is 16.1 Å². The van der Waals surface area contributed by atoms with Crippen molar-refractivity contribution in [3.05, 3.63) is 124 Å². The Hall–Kier alpha value is -4.15. The van der Waals surface area contributed by atoms with Gasteiger partial charge in [-0.25, -0.2) is 15.5 Å². The number of likely N-dealkylation sites (N-methyl/N-ethyl adjacent to an activating group) is 1. The van der Waals surface area contributed by atoms with Crippen LogP contribution in [0.25, 0.3) is 0 Å². The molecule has 3 aromatic carbocycles. The van der Waals surface area contributed by atoms with Gasteiger partial charge >= 0.3 is 0 Å². The lowest BCUT2D eigenvalue weighted by Crippen LogP contribution is -2.44. The number of aliphatic imine (C=N–C) groups is 1. The second-order valence-electron chi connectivity index (χ2n) is 10.4. The van der Waals surface area contributed by atoms with Crippen LogP contribution in [0.15, 0.2) is 101 Å². The maximum atomic E-state index is 12.7. The van der Waals surface area contributed by atoms with Crippen molar-refractivity contribution in [2.24, 2.45) is 15.8 Å². The molecule has 0 radical (unpaired) electrons. The molecule has 9 nitrogen and oxygen atoms in total. The lowest BCUT2D eigenvalue weighted by atomic mass is 9.81. The highest BCUT2D eigenvalue weighted by molar-refractivity contribution is 6.32. The van der Waals surface area contributed by atoms with Crippen LogP contribution in [-0.2, 0) is 12.1 Å². The van der Waals surface area contributed by atoms with Crippen LogP contribution in [0.2, 0.25) is 5.02 Å². The molecule has 1 saturated heterocycles. The Kier molecular flexibility index (Phi) is 7.27.